The molecule has 31 heavy (non-hydrogen) atoms. The van der Waals surface area contributed by atoms with Crippen LogP contribution < -0.4 is 10.6 Å². The van der Waals surface area contributed by atoms with Gasteiger partial charge in [-0.15, -0.1) is 11.8 Å². The normalized spacial score (nSPS) is 21.2. The summed E-state index contributed by atoms with van der Waals surface area (Å²) in [6.07, 6.45) is 0.491. The minimum Gasteiger partial charge on any atom is -0.394 e. The Balaban J connectivity index is 1.35. The number of benzene rings is 2. The number of aliphatic hydroxyl groups is 1. The van der Waals surface area contributed by atoms with Gasteiger partial charge in [0, 0.05) is 11.3 Å². The molecule has 0 radical (unpaired) electrons. The number of aliphatic hydroxyl groups excluding tert-OH is 1. The molecule has 0 spiro atoms. The molecule has 4 atom stereocenters. The topological polar surface area (TPSA) is 98.7 Å². The highest BCUT2D eigenvalue weighted by Gasteiger charge is 2.48. The smallest absolute Gasteiger partial charge is 0.256 e. The fourth-order valence-electron chi connectivity index (χ4n) is 4.00. The molecule has 3 N–H and O–H groups in total. The van der Waals surface area contributed by atoms with Crippen molar-refractivity contribution in [3.8, 4) is 0 Å². The minimum absolute atomic E-state index is 0.147. The molecule has 2 heterocycles. The van der Waals surface area contributed by atoms with Crippen LogP contribution in [0.5, 0.6) is 0 Å². The van der Waals surface area contributed by atoms with Crippen molar-refractivity contribution >= 4 is 29.5 Å². The molecule has 2 aromatic rings. The average molecular weight is 440 g/mol. The number of hydrogen-bond donors (Lipinski definition) is 3. The molecule has 0 saturated carbocycles. The van der Waals surface area contributed by atoms with E-state index in [-0.39, 0.29) is 29.7 Å². The van der Waals surface area contributed by atoms with Gasteiger partial charge in [0.2, 0.25) is 11.8 Å². The molecule has 0 bridgehead atoms. The third-order valence-corrected chi connectivity index (χ3v) is 6.94. The number of thioether (sulfide) groups is 1. The monoisotopic (exact) mass is 439 g/mol. The number of rotatable bonds is 7. The summed E-state index contributed by atoms with van der Waals surface area (Å²) in [4.78, 5) is 39.9. The van der Waals surface area contributed by atoms with Crippen LogP contribution in [-0.2, 0) is 16.0 Å². The van der Waals surface area contributed by atoms with Gasteiger partial charge >= 0.3 is 0 Å². The van der Waals surface area contributed by atoms with Crippen molar-refractivity contribution in [1.82, 2.24) is 15.5 Å². The fraction of sp³-hybridized carbons (Fsp3) is 0.348. The van der Waals surface area contributed by atoms with Gasteiger partial charge in [-0.2, -0.15) is 0 Å². The summed E-state index contributed by atoms with van der Waals surface area (Å²) in [5, 5.41) is 15.0. The van der Waals surface area contributed by atoms with Crippen molar-refractivity contribution in [2.45, 2.75) is 36.8 Å². The van der Waals surface area contributed by atoms with E-state index in [1.54, 1.807) is 29.7 Å². The Labute approximate surface area is 185 Å². The largest absolute Gasteiger partial charge is 0.394 e. The predicted molar refractivity (Wildman–Crippen MR) is 118 cm³/mol. The minimum atomic E-state index is -0.790. The van der Waals surface area contributed by atoms with E-state index < -0.39 is 18.1 Å². The van der Waals surface area contributed by atoms with Crippen LogP contribution in [0, 0.1) is 0 Å². The molecule has 2 aliphatic rings. The van der Waals surface area contributed by atoms with E-state index in [0.717, 1.165) is 11.1 Å². The van der Waals surface area contributed by atoms with Gasteiger partial charge in [0.15, 0.2) is 0 Å². The molecule has 8 heteroatoms. The van der Waals surface area contributed by atoms with E-state index >= 15 is 0 Å². The number of carbonyl (C=O) groups excluding carboxylic acids is 3. The van der Waals surface area contributed by atoms with Gasteiger partial charge in [0.05, 0.1) is 12.6 Å². The molecule has 1 fully saturated rings. The van der Waals surface area contributed by atoms with Crippen molar-refractivity contribution in [1.29, 1.82) is 0 Å². The predicted octanol–water partition coefficient (Wildman–Crippen LogP) is 1.48. The second-order valence-corrected chi connectivity index (χ2v) is 8.92. The molecule has 4 rings (SSSR count). The molecular formula is C23H25N3O4S. The van der Waals surface area contributed by atoms with Crippen LogP contribution in [0.4, 0.5) is 0 Å². The number of fused-ring (bicyclic) bond motifs is 3. The van der Waals surface area contributed by atoms with E-state index in [4.69, 9.17) is 0 Å². The highest BCUT2D eigenvalue weighted by molar-refractivity contribution is 7.99. The van der Waals surface area contributed by atoms with Crippen molar-refractivity contribution in [3.05, 3.63) is 71.3 Å². The first-order valence-corrected chi connectivity index (χ1v) is 11.3. The summed E-state index contributed by atoms with van der Waals surface area (Å²) < 4.78 is 0. The molecule has 0 aliphatic carbocycles. The molecule has 0 aromatic heterocycles. The van der Waals surface area contributed by atoms with Crippen molar-refractivity contribution in [3.63, 3.8) is 0 Å². The third kappa shape index (κ3) is 4.31. The maximum Gasteiger partial charge on any atom is 0.256 e. The molecule has 7 nitrogen and oxygen atoms in total. The fourth-order valence-corrected chi connectivity index (χ4v) is 5.47. The molecule has 4 unspecified atom stereocenters. The van der Waals surface area contributed by atoms with E-state index in [0.29, 0.717) is 17.7 Å². The van der Waals surface area contributed by atoms with Crippen LogP contribution in [0.15, 0.2) is 54.6 Å². The molecule has 3 amide bonds. The number of hydrogen-bond acceptors (Lipinski definition) is 5. The zero-order valence-electron chi connectivity index (χ0n) is 17.2. The Morgan fingerprint density at radius 2 is 1.84 bits per heavy atom. The van der Waals surface area contributed by atoms with Crippen LogP contribution in [0.2, 0.25) is 0 Å². The Morgan fingerprint density at radius 3 is 2.58 bits per heavy atom. The third-order valence-electron chi connectivity index (χ3n) is 5.64. The lowest BCUT2D eigenvalue weighted by atomic mass is 10.1. The summed E-state index contributed by atoms with van der Waals surface area (Å²) in [5.74, 6) is -0.381. The molecule has 162 valence electrons. The van der Waals surface area contributed by atoms with Crippen LogP contribution in [0.25, 0.3) is 0 Å². The summed E-state index contributed by atoms with van der Waals surface area (Å²) >= 11 is 1.56. The van der Waals surface area contributed by atoms with E-state index in [2.05, 4.69) is 10.6 Å². The number of nitrogens with one attached hydrogen (secondary N) is 2. The molecular weight excluding hydrogens is 414 g/mol. The lowest BCUT2D eigenvalue weighted by Gasteiger charge is -2.25. The van der Waals surface area contributed by atoms with Gasteiger partial charge < -0.3 is 20.6 Å². The van der Waals surface area contributed by atoms with Crippen molar-refractivity contribution in [2.24, 2.45) is 0 Å². The SMILES string of the molecule is CC(NC(=O)C1CSC2c3ccccc3C(=O)N12)C(=O)NC(CO)Cc1ccccc1. The standard InChI is InChI=1S/C23H25N3O4S/c1-14(20(28)25-16(12-27)11-15-7-3-2-4-8-15)24-21(29)19-13-31-23-18-10-6-5-9-17(18)22(30)26(19)23/h2-10,14,16,19,23,27H,11-13H2,1H3,(H,24,29)(H,25,28). The summed E-state index contributed by atoms with van der Waals surface area (Å²) in [6, 6.07) is 15.1. The first-order valence-electron chi connectivity index (χ1n) is 10.3. The van der Waals surface area contributed by atoms with Gasteiger partial charge in [0.25, 0.3) is 5.91 Å². The first-order chi connectivity index (χ1) is 15.0. The van der Waals surface area contributed by atoms with Crippen LogP contribution in [-0.4, -0.2) is 58.2 Å². The quantitative estimate of drug-likeness (QED) is 0.607. The Hall–Kier alpha value is -2.84. The lowest BCUT2D eigenvalue weighted by molar-refractivity contribution is -0.131. The van der Waals surface area contributed by atoms with Gasteiger partial charge in [-0.05, 0) is 30.5 Å². The lowest BCUT2D eigenvalue weighted by Crippen LogP contribution is -2.54. The highest BCUT2D eigenvalue weighted by Crippen LogP contribution is 2.48. The number of carbonyl (C=O) groups is 3. The zero-order chi connectivity index (χ0) is 22.0. The van der Waals surface area contributed by atoms with Crippen LogP contribution >= 0.6 is 11.8 Å². The van der Waals surface area contributed by atoms with Crippen LogP contribution in [0.3, 0.4) is 0 Å². The second kappa shape index (κ2) is 9.11. The van der Waals surface area contributed by atoms with E-state index in [1.807, 2.05) is 48.5 Å². The first kappa shape index (κ1) is 21.4. The summed E-state index contributed by atoms with van der Waals surface area (Å²) in [7, 11) is 0. The number of nitrogens with zero attached hydrogens (tertiary/aromatic N) is 1. The average Bonchev–Trinajstić information content (AvgIpc) is 3.34. The second-order valence-electron chi connectivity index (χ2n) is 7.81. The van der Waals surface area contributed by atoms with E-state index in [1.165, 1.54) is 0 Å². The maximum absolute atomic E-state index is 12.9. The van der Waals surface area contributed by atoms with Gasteiger partial charge in [0.1, 0.15) is 17.5 Å². The van der Waals surface area contributed by atoms with E-state index in [9.17, 15) is 19.5 Å². The zero-order valence-corrected chi connectivity index (χ0v) is 18.0. The van der Waals surface area contributed by atoms with Gasteiger partial charge in [-0.3, -0.25) is 14.4 Å². The molecule has 2 aliphatic heterocycles. The van der Waals surface area contributed by atoms with Gasteiger partial charge in [-0.1, -0.05) is 48.5 Å². The van der Waals surface area contributed by atoms with Crippen molar-refractivity contribution < 1.29 is 19.5 Å². The highest BCUT2D eigenvalue weighted by atomic mass is 32.2. The maximum atomic E-state index is 12.9. The Bertz CT molecular complexity index is 984. The molecule has 2 aromatic carbocycles. The summed E-state index contributed by atoms with van der Waals surface area (Å²) in [5.41, 5.74) is 2.57. The Kier molecular flexibility index (Phi) is 6.29. The van der Waals surface area contributed by atoms with Crippen molar-refractivity contribution in [2.75, 3.05) is 12.4 Å². The Morgan fingerprint density at radius 1 is 1.13 bits per heavy atom. The van der Waals surface area contributed by atoms with Gasteiger partial charge in [-0.25, -0.2) is 0 Å². The molecule has 1 saturated heterocycles. The number of amides is 3. The van der Waals surface area contributed by atoms with Crippen LogP contribution in [0.1, 0.15) is 33.8 Å². The summed E-state index contributed by atoms with van der Waals surface area (Å²) in [6.45, 7) is 1.40.